The summed E-state index contributed by atoms with van der Waals surface area (Å²) in [5.74, 6) is -2.87. The van der Waals surface area contributed by atoms with Gasteiger partial charge < -0.3 is 56.9 Å². The molecule has 2 fully saturated rings. The van der Waals surface area contributed by atoms with Crippen LogP contribution in [0.2, 0.25) is 0 Å². The van der Waals surface area contributed by atoms with E-state index in [4.69, 9.17) is 57.6 Å². The van der Waals surface area contributed by atoms with Crippen LogP contribution in [0.1, 0.15) is 48.4 Å². The lowest BCUT2D eigenvalue weighted by molar-refractivity contribution is -0.366. The molecule has 68 heavy (non-hydrogen) atoms. The second-order valence-corrected chi connectivity index (χ2v) is 15.9. The summed E-state index contributed by atoms with van der Waals surface area (Å²) in [6.07, 6.45) is -14.2. The molecule has 2 aliphatic heterocycles. The number of nitrogens with zero attached hydrogens (tertiary/aromatic N) is 3. The van der Waals surface area contributed by atoms with Crippen molar-refractivity contribution in [2.75, 3.05) is 27.4 Å². The van der Waals surface area contributed by atoms with E-state index in [-0.39, 0.29) is 58.2 Å². The largest absolute Gasteiger partial charge is 0.467 e. The number of carbonyl (C=O) groups excluding carboxylic acids is 4. The molecule has 4 aromatic carbocycles. The number of hydrogen-bond donors (Lipinski definition) is 0. The van der Waals surface area contributed by atoms with E-state index < -0.39 is 79.3 Å². The Morgan fingerprint density at radius 2 is 0.956 bits per heavy atom. The Hall–Kier alpha value is -6.05. The molecule has 18 nitrogen and oxygen atoms in total. The average molecular weight is 940 g/mol. The van der Waals surface area contributed by atoms with E-state index in [1.165, 1.54) is 14.0 Å². The lowest BCUT2D eigenvalue weighted by Crippen LogP contribution is -2.67. The fourth-order valence-corrected chi connectivity index (χ4v) is 7.58. The molecule has 2 aliphatic rings. The Kier molecular flexibility index (Phi) is 20.4. The van der Waals surface area contributed by atoms with Crippen molar-refractivity contribution in [2.45, 2.75) is 114 Å². The van der Waals surface area contributed by atoms with Crippen molar-refractivity contribution in [3.05, 3.63) is 154 Å². The predicted octanol–water partition coefficient (Wildman–Crippen LogP) is 6.51. The number of methoxy groups -OCH3 is 2. The van der Waals surface area contributed by atoms with E-state index in [9.17, 15) is 19.2 Å². The highest BCUT2D eigenvalue weighted by molar-refractivity contribution is 5.81. The van der Waals surface area contributed by atoms with E-state index >= 15 is 0 Å². The van der Waals surface area contributed by atoms with Gasteiger partial charge in [-0.3, -0.25) is 4.79 Å². The van der Waals surface area contributed by atoms with Gasteiger partial charge in [0, 0.05) is 24.5 Å². The van der Waals surface area contributed by atoms with Crippen LogP contribution >= 0.6 is 0 Å². The molecular formula is C50H57N3O15. The zero-order valence-corrected chi connectivity index (χ0v) is 38.1. The third-order valence-electron chi connectivity index (χ3n) is 11.0. The highest BCUT2D eigenvalue weighted by atomic mass is 16.8. The first-order valence-corrected chi connectivity index (χ1v) is 22.2. The number of ketones is 1. The molecule has 0 saturated carbocycles. The first-order valence-electron chi connectivity index (χ1n) is 22.2. The van der Waals surface area contributed by atoms with Gasteiger partial charge in [0.25, 0.3) is 0 Å². The van der Waals surface area contributed by atoms with Gasteiger partial charge >= 0.3 is 17.9 Å². The maximum Gasteiger partial charge on any atom is 0.339 e. The number of ether oxygens (including phenoxy) is 11. The Bertz CT molecular complexity index is 2220. The molecule has 0 aromatic heterocycles. The van der Waals surface area contributed by atoms with Crippen LogP contribution in [-0.2, 0) is 97.7 Å². The number of hydrogen-bond acceptors (Lipinski definition) is 16. The molecule has 362 valence electrons. The van der Waals surface area contributed by atoms with Gasteiger partial charge in [-0.1, -0.05) is 126 Å². The van der Waals surface area contributed by atoms with Crippen molar-refractivity contribution in [1.82, 2.24) is 0 Å². The molecule has 0 bridgehead atoms. The lowest BCUT2D eigenvalue weighted by Gasteiger charge is -2.49. The predicted molar refractivity (Wildman–Crippen MR) is 241 cm³/mol. The average Bonchev–Trinajstić information content (AvgIpc) is 3.37. The van der Waals surface area contributed by atoms with Crippen molar-refractivity contribution in [2.24, 2.45) is 5.11 Å². The number of Topliss-reactive ketones (excluding diaryl/α,β-unsaturated/α-hetero) is 1. The van der Waals surface area contributed by atoms with Gasteiger partial charge in [0.15, 0.2) is 30.9 Å². The summed E-state index contributed by atoms with van der Waals surface area (Å²) in [6.45, 7) is 1.47. The summed E-state index contributed by atoms with van der Waals surface area (Å²) in [5.41, 5.74) is 11.9. The third-order valence-corrected chi connectivity index (χ3v) is 11.0. The van der Waals surface area contributed by atoms with Crippen molar-refractivity contribution in [1.29, 1.82) is 0 Å². The smallest absolute Gasteiger partial charge is 0.339 e. The Balaban J connectivity index is 1.45. The first-order chi connectivity index (χ1) is 33.2. The molecule has 0 spiro atoms. The molecule has 6 rings (SSSR count). The maximum absolute atomic E-state index is 14.0. The second kappa shape index (κ2) is 27.1. The highest BCUT2D eigenvalue weighted by Gasteiger charge is 2.58. The summed E-state index contributed by atoms with van der Waals surface area (Å²) in [7, 11) is 2.33. The molecule has 10 atom stereocenters. The van der Waals surface area contributed by atoms with Crippen LogP contribution in [0, 0.1) is 0 Å². The highest BCUT2D eigenvalue weighted by Crippen LogP contribution is 2.37. The van der Waals surface area contributed by atoms with Crippen molar-refractivity contribution >= 4 is 23.7 Å². The van der Waals surface area contributed by atoms with Gasteiger partial charge in [0.1, 0.15) is 36.3 Å². The van der Waals surface area contributed by atoms with Gasteiger partial charge in [-0.15, -0.1) is 0 Å². The van der Waals surface area contributed by atoms with Gasteiger partial charge in [0.05, 0.1) is 47.1 Å². The van der Waals surface area contributed by atoms with Crippen LogP contribution in [-0.4, -0.2) is 112 Å². The minimum atomic E-state index is -1.69. The van der Waals surface area contributed by atoms with Gasteiger partial charge in [-0.25, -0.2) is 9.59 Å². The van der Waals surface area contributed by atoms with E-state index in [2.05, 4.69) is 10.0 Å². The van der Waals surface area contributed by atoms with Crippen LogP contribution in [0.4, 0.5) is 0 Å². The lowest BCUT2D eigenvalue weighted by atomic mass is 9.95. The fourth-order valence-electron chi connectivity index (χ4n) is 7.58. The maximum atomic E-state index is 14.0. The molecule has 2 heterocycles. The third kappa shape index (κ3) is 15.0. The summed E-state index contributed by atoms with van der Waals surface area (Å²) in [5, 5.41) is 3.60. The molecular weight excluding hydrogens is 883 g/mol. The molecule has 0 N–H and O–H groups in total. The van der Waals surface area contributed by atoms with Gasteiger partial charge in [-0.05, 0) is 41.1 Å². The number of rotatable bonds is 25. The first kappa shape index (κ1) is 51.3. The quantitative estimate of drug-likeness (QED) is 0.0173. The van der Waals surface area contributed by atoms with E-state index in [1.807, 2.05) is 121 Å². The van der Waals surface area contributed by atoms with Crippen LogP contribution in [0.25, 0.3) is 10.4 Å². The van der Waals surface area contributed by atoms with Crippen molar-refractivity contribution in [3.8, 4) is 0 Å². The number of esters is 3. The molecule has 0 aliphatic carbocycles. The fraction of sp³-hybridized carbons (Fsp3) is 0.440. The van der Waals surface area contributed by atoms with Gasteiger partial charge in [-0.2, -0.15) is 0 Å². The van der Waals surface area contributed by atoms with E-state index in [0.717, 1.165) is 29.4 Å². The second-order valence-electron chi connectivity index (χ2n) is 15.9. The molecule has 0 amide bonds. The Morgan fingerprint density at radius 3 is 1.40 bits per heavy atom. The SMILES string of the molecule is COC(=O)[C@H]1O[C@@H](O[C@H]2[C@H](OCc3ccccc3)[C@H](OCc3ccccc3)[C@H](OCCCN=[N+]=[N-])O[C@@H]2C(=O)OC)[C@@H](OCc2ccccc2)[C@@H](OCc2ccccc2)[C@@H]1OC(=O)CCC(C)=O. The Morgan fingerprint density at radius 1 is 0.544 bits per heavy atom. The number of azide groups is 1. The normalized spacial score (nSPS) is 24.5. The van der Waals surface area contributed by atoms with Crippen LogP contribution < -0.4 is 0 Å². The number of carbonyl (C=O) groups is 4. The monoisotopic (exact) mass is 939 g/mol. The van der Waals surface area contributed by atoms with E-state index in [1.54, 1.807) is 0 Å². The van der Waals surface area contributed by atoms with Crippen LogP contribution in [0.15, 0.2) is 126 Å². The number of benzene rings is 4. The summed E-state index contributed by atoms with van der Waals surface area (Å²) >= 11 is 0. The minimum Gasteiger partial charge on any atom is -0.467 e. The van der Waals surface area contributed by atoms with Crippen molar-refractivity contribution in [3.63, 3.8) is 0 Å². The summed E-state index contributed by atoms with van der Waals surface area (Å²) in [6, 6.07) is 37.0. The van der Waals surface area contributed by atoms with Crippen LogP contribution in [0.5, 0.6) is 0 Å². The molecule has 0 unspecified atom stereocenters. The molecule has 0 radical (unpaired) electrons. The summed E-state index contributed by atoms with van der Waals surface area (Å²) in [4.78, 5) is 56.1. The van der Waals surface area contributed by atoms with E-state index in [0.29, 0.717) is 6.42 Å². The summed E-state index contributed by atoms with van der Waals surface area (Å²) < 4.78 is 69.3. The minimum absolute atomic E-state index is 0.000589. The zero-order valence-electron chi connectivity index (χ0n) is 38.1. The standard InChI is InChI=1S/C50H57N3O15/c1-33(54)25-26-38(55)65-41-39(61-29-34-17-8-4-9-18-34)46(64-32-37-23-14-7-15-24-37)50(68-43(41)47(56)58-2)66-42-40(62-30-35-19-10-5-11-20-35)45(63-31-36-21-12-6-13-22-36)49(60-28-16-27-52-53-51)67-44(42)48(57)59-3/h4-15,17-24,39-46,49-50H,16,25-32H2,1-3H3/t39-,40-,41-,42-,43-,44-,45-,46-,49+,50+/m0/s1. The molecule has 18 heteroatoms. The van der Waals surface area contributed by atoms with Crippen molar-refractivity contribution < 1.29 is 71.3 Å². The topological polar surface area (TPSA) is 219 Å². The Labute approximate surface area is 394 Å². The molecule has 2 saturated heterocycles. The zero-order chi connectivity index (χ0) is 48.1. The molecule has 4 aromatic rings. The van der Waals surface area contributed by atoms with Gasteiger partial charge in [0.2, 0.25) is 0 Å². The van der Waals surface area contributed by atoms with Crippen LogP contribution in [0.3, 0.4) is 0 Å².